The maximum absolute atomic E-state index is 10.3. The molecular formula is C13H18O2Se. The Balaban J connectivity index is 1.94. The molecule has 3 heteroatoms. The molecule has 0 saturated heterocycles. The van der Waals surface area contributed by atoms with Gasteiger partial charge in [0.15, 0.2) is 0 Å². The van der Waals surface area contributed by atoms with E-state index in [2.05, 4.69) is 24.3 Å². The second-order valence-corrected chi connectivity index (χ2v) is 6.06. The van der Waals surface area contributed by atoms with Gasteiger partial charge in [0.05, 0.1) is 0 Å². The second kappa shape index (κ2) is 8.37. The average Bonchev–Trinajstić information content (AvgIpc) is 2.29. The maximum atomic E-state index is 10.3. The summed E-state index contributed by atoms with van der Waals surface area (Å²) in [5.41, 5.74) is 1.42. The van der Waals surface area contributed by atoms with Crippen LogP contribution in [0.4, 0.5) is 0 Å². The molecule has 0 bridgehead atoms. The van der Waals surface area contributed by atoms with Gasteiger partial charge in [-0.2, -0.15) is 0 Å². The van der Waals surface area contributed by atoms with Crippen LogP contribution in [0.1, 0.15) is 31.2 Å². The number of carboxylic acids is 1. The second-order valence-electron chi connectivity index (χ2n) is 3.74. The molecule has 1 N–H and O–H groups in total. The number of hydrogen-bond acceptors (Lipinski definition) is 1. The van der Waals surface area contributed by atoms with Gasteiger partial charge in [-0.1, -0.05) is 0 Å². The van der Waals surface area contributed by atoms with E-state index in [1.807, 2.05) is 6.07 Å². The first-order valence-corrected chi connectivity index (χ1v) is 8.05. The molecule has 1 aromatic rings. The molecular weight excluding hydrogens is 267 g/mol. The van der Waals surface area contributed by atoms with Crippen molar-refractivity contribution in [3.05, 3.63) is 35.9 Å². The van der Waals surface area contributed by atoms with Crippen LogP contribution >= 0.6 is 0 Å². The first-order chi connectivity index (χ1) is 7.79. The zero-order valence-electron chi connectivity index (χ0n) is 9.39. The molecule has 0 aliphatic carbocycles. The third kappa shape index (κ3) is 6.65. The van der Waals surface area contributed by atoms with Gasteiger partial charge in [-0.25, -0.2) is 0 Å². The molecule has 0 heterocycles. The Hall–Kier alpha value is -0.791. The molecule has 0 unspecified atom stereocenters. The first kappa shape index (κ1) is 13.3. The van der Waals surface area contributed by atoms with Gasteiger partial charge in [-0.15, -0.1) is 0 Å². The van der Waals surface area contributed by atoms with Crippen molar-refractivity contribution in [1.82, 2.24) is 0 Å². The standard InChI is InChI=1S/C13H18O2Se/c14-13(15)9-5-2-6-10-16-11-12-7-3-1-4-8-12/h1,3-4,7-8H,2,5-6,9-11H2,(H,14,15). The summed E-state index contributed by atoms with van der Waals surface area (Å²) in [6, 6.07) is 10.6. The molecule has 88 valence electrons. The van der Waals surface area contributed by atoms with Crippen LogP contribution < -0.4 is 0 Å². The van der Waals surface area contributed by atoms with Crippen molar-refractivity contribution in [2.45, 2.75) is 36.3 Å². The monoisotopic (exact) mass is 286 g/mol. The topological polar surface area (TPSA) is 37.3 Å². The van der Waals surface area contributed by atoms with E-state index in [0.29, 0.717) is 21.4 Å². The molecule has 0 aliphatic rings. The third-order valence-corrected chi connectivity index (χ3v) is 4.63. The van der Waals surface area contributed by atoms with E-state index in [4.69, 9.17) is 5.11 Å². The van der Waals surface area contributed by atoms with Crippen molar-refractivity contribution in [3.8, 4) is 0 Å². The molecule has 1 aromatic carbocycles. The zero-order valence-corrected chi connectivity index (χ0v) is 11.1. The molecule has 0 radical (unpaired) electrons. The van der Waals surface area contributed by atoms with Gasteiger partial charge in [-0.05, 0) is 0 Å². The van der Waals surface area contributed by atoms with Crippen LogP contribution in [0.3, 0.4) is 0 Å². The summed E-state index contributed by atoms with van der Waals surface area (Å²) in [5.74, 6) is -0.671. The normalized spacial score (nSPS) is 10.2. The number of unbranched alkanes of at least 4 members (excludes halogenated alkanes) is 2. The molecule has 16 heavy (non-hydrogen) atoms. The molecule has 2 nitrogen and oxygen atoms in total. The Kier molecular flexibility index (Phi) is 6.95. The van der Waals surface area contributed by atoms with E-state index in [1.165, 1.54) is 22.6 Å². The summed E-state index contributed by atoms with van der Waals surface area (Å²) >= 11 is 0.671. The molecule has 0 spiro atoms. The molecule has 1 rings (SSSR count). The molecule has 0 atom stereocenters. The van der Waals surface area contributed by atoms with Crippen molar-refractivity contribution in [2.75, 3.05) is 0 Å². The van der Waals surface area contributed by atoms with Crippen molar-refractivity contribution in [2.24, 2.45) is 0 Å². The Morgan fingerprint density at radius 2 is 1.88 bits per heavy atom. The third-order valence-electron chi connectivity index (χ3n) is 2.29. The number of hydrogen-bond donors (Lipinski definition) is 1. The fourth-order valence-electron chi connectivity index (χ4n) is 1.42. The Labute approximate surface area is 103 Å². The van der Waals surface area contributed by atoms with E-state index in [9.17, 15) is 4.79 Å². The number of carboxylic acid groups (broad SMARTS) is 1. The van der Waals surface area contributed by atoms with Crippen LogP contribution in [-0.4, -0.2) is 26.0 Å². The average molecular weight is 285 g/mol. The number of carbonyl (C=O) groups is 1. The predicted octanol–water partition coefficient (Wildman–Crippen LogP) is 2.95. The minimum atomic E-state index is -0.671. The molecule has 0 saturated carbocycles. The van der Waals surface area contributed by atoms with Crippen molar-refractivity contribution >= 4 is 20.9 Å². The van der Waals surface area contributed by atoms with Crippen molar-refractivity contribution in [3.63, 3.8) is 0 Å². The molecule has 0 aromatic heterocycles. The summed E-state index contributed by atoms with van der Waals surface area (Å²) < 4.78 is 0. The van der Waals surface area contributed by atoms with Crippen LogP contribution in [0.2, 0.25) is 5.32 Å². The van der Waals surface area contributed by atoms with Crippen LogP contribution in [0, 0.1) is 0 Å². The number of benzene rings is 1. The summed E-state index contributed by atoms with van der Waals surface area (Å²) in [5, 5.41) is 10.9. The number of aliphatic carboxylic acids is 1. The summed E-state index contributed by atoms with van der Waals surface area (Å²) in [6.07, 6.45) is 3.39. The van der Waals surface area contributed by atoms with Gasteiger partial charge in [0, 0.05) is 0 Å². The fraction of sp³-hybridized carbons (Fsp3) is 0.462. The van der Waals surface area contributed by atoms with Crippen LogP contribution in [-0.2, 0) is 10.1 Å². The van der Waals surface area contributed by atoms with Gasteiger partial charge < -0.3 is 0 Å². The van der Waals surface area contributed by atoms with Gasteiger partial charge in [0.2, 0.25) is 0 Å². The minimum absolute atomic E-state index is 0.325. The van der Waals surface area contributed by atoms with Gasteiger partial charge in [0.25, 0.3) is 0 Å². The zero-order chi connectivity index (χ0) is 11.6. The van der Waals surface area contributed by atoms with E-state index >= 15 is 0 Å². The molecule has 0 amide bonds. The van der Waals surface area contributed by atoms with Gasteiger partial charge in [0.1, 0.15) is 0 Å². The summed E-state index contributed by atoms with van der Waals surface area (Å²) in [7, 11) is 0. The van der Waals surface area contributed by atoms with E-state index in [-0.39, 0.29) is 0 Å². The van der Waals surface area contributed by atoms with Crippen molar-refractivity contribution in [1.29, 1.82) is 0 Å². The SMILES string of the molecule is O=C(O)CCCCC[Se]Cc1ccccc1. The van der Waals surface area contributed by atoms with E-state index in [0.717, 1.165) is 12.8 Å². The molecule has 0 aliphatic heterocycles. The van der Waals surface area contributed by atoms with Crippen LogP contribution in [0.15, 0.2) is 30.3 Å². The fourth-order valence-corrected chi connectivity index (χ4v) is 3.48. The number of rotatable bonds is 8. The van der Waals surface area contributed by atoms with E-state index < -0.39 is 5.97 Å². The van der Waals surface area contributed by atoms with Crippen molar-refractivity contribution < 1.29 is 9.90 Å². The predicted molar refractivity (Wildman–Crippen MR) is 66.8 cm³/mol. The Bertz CT molecular complexity index is 298. The first-order valence-electron chi connectivity index (χ1n) is 5.62. The Morgan fingerprint density at radius 1 is 1.12 bits per heavy atom. The quantitative estimate of drug-likeness (QED) is 0.589. The van der Waals surface area contributed by atoms with E-state index in [1.54, 1.807) is 0 Å². The summed E-state index contributed by atoms with van der Waals surface area (Å²) in [6.45, 7) is 0. The van der Waals surface area contributed by atoms with Gasteiger partial charge >= 0.3 is 103 Å². The van der Waals surface area contributed by atoms with Crippen LogP contribution in [0.5, 0.6) is 0 Å². The molecule has 0 fully saturated rings. The van der Waals surface area contributed by atoms with Crippen LogP contribution in [0.25, 0.3) is 0 Å². The van der Waals surface area contributed by atoms with Gasteiger partial charge in [-0.3, -0.25) is 0 Å². The Morgan fingerprint density at radius 3 is 2.56 bits per heavy atom. The summed E-state index contributed by atoms with van der Waals surface area (Å²) in [4.78, 5) is 10.3.